The second-order valence-electron chi connectivity index (χ2n) is 4.05. The van der Waals surface area contributed by atoms with Gasteiger partial charge in [-0.25, -0.2) is 0 Å². The van der Waals surface area contributed by atoms with Gasteiger partial charge in [0.05, 0.1) is 12.1 Å². The van der Waals surface area contributed by atoms with Gasteiger partial charge in [0.2, 0.25) is 5.78 Å². The lowest BCUT2D eigenvalue weighted by Crippen LogP contribution is -2.36. The van der Waals surface area contributed by atoms with Gasteiger partial charge in [0, 0.05) is 6.07 Å². The third-order valence-electron chi connectivity index (χ3n) is 2.66. The van der Waals surface area contributed by atoms with Crippen LogP contribution >= 0.6 is 0 Å². The normalized spacial score (nSPS) is 14.0. The molecule has 1 atom stereocenters. The minimum atomic E-state index is -0.677. The highest BCUT2D eigenvalue weighted by Gasteiger charge is 2.22. The number of carbonyl (C=O) groups excluding carboxylic acids is 2. The number of ketones is 1. The summed E-state index contributed by atoms with van der Waals surface area (Å²) in [5, 5.41) is 2.53. The van der Waals surface area contributed by atoms with E-state index in [1.807, 2.05) is 0 Å². The van der Waals surface area contributed by atoms with E-state index >= 15 is 0 Å². The molecule has 0 radical (unpaired) electrons. The maximum absolute atomic E-state index is 11.6. The van der Waals surface area contributed by atoms with E-state index in [0.717, 1.165) is 0 Å². The maximum Gasteiger partial charge on any atom is 0.261 e. The molecule has 1 aliphatic rings. The van der Waals surface area contributed by atoms with Crippen LogP contribution in [0.4, 0.5) is 0 Å². The zero-order chi connectivity index (χ0) is 13.8. The van der Waals surface area contributed by atoms with Gasteiger partial charge in [0.25, 0.3) is 5.91 Å². The van der Waals surface area contributed by atoms with Gasteiger partial charge in [-0.15, -0.1) is 6.42 Å². The average molecular weight is 259 g/mol. The Labute approximate surface area is 110 Å². The summed E-state index contributed by atoms with van der Waals surface area (Å²) < 4.78 is 10.7. The number of ether oxygens (including phenoxy) is 2. The van der Waals surface area contributed by atoms with Crippen molar-refractivity contribution in [2.24, 2.45) is 0 Å². The van der Waals surface area contributed by atoms with Crippen LogP contribution in [0.5, 0.6) is 11.5 Å². The predicted molar refractivity (Wildman–Crippen MR) is 68.2 cm³/mol. The standard InChI is InChI=1S/C14H13NO4/c1-3-6-15-14(17)9(2)19-10-4-5-11-12(16)8-18-13(11)7-10/h1,4-5,7,9H,6,8H2,2H3,(H,15,17). The fourth-order valence-electron chi connectivity index (χ4n) is 1.69. The minimum absolute atomic E-state index is 0.0526. The number of terminal acetylenes is 1. The van der Waals surface area contributed by atoms with Crippen LogP contribution in [0.1, 0.15) is 17.3 Å². The summed E-state index contributed by atoms with van der Waals surface area (Å²) in [4.78, 5) is 23.0. The molecule has 1 aromatic rings. The molecule has 0 aromatic heterocycles. The van der Waals surface area contributed by atoms with Crippen molar-refractivity contribution in [2.75, 3.05) is 13.2 Å². The molecule has 19 heavy (non-hydrogen) atoms. The Bertz CT molecular complexity index is 559. The largest absolute Gasteiger partial charge is 0.485 e. The van der Waals surface area contributed by atoms with E-state index in [0.29, 0.717) is 17.1 Å². The number of carbonyl (C=O) groups is 2. The van der Waals surface area contributed by atoms with Crippen molar-refractivity contribution >= 4 is 11.7 Å². The summed E-state index contributed by atoms with van der Waals surface area (Å²) in [6.45, 7) is 1.83. The highest BCUT2D eigenvalue weighted by molar-refractivity contribution is 6.02. The highest BCUT2D eigenvalue weighted by Crippen LogP contribution is 2.29. The molecule has 0 spiro atoms. The van der Waals surface area contributed by atoms with Crippen LogP contribution in [0, 0.1) is 12.3 Å². The van der Waals surface area contributed by atoms with Gasteiger partial charge >= 0.3 is 0 Å². The van der Waals surface area contributed by atoms with Crippen molar-refractivity contribution in [3.63, 3.8) is 0 Å². The van der Waals surface area contributed by atoms with E-state index in [1.54, 1.807) is 25.1 Å². The molecule has 1 aliphatic heterocycles. The molecule has 0 saturated carbocycles. The average Bonchev–Trinajstić information content (AvgIpc) is 2.77. The van der Waals surface area contributed by atoms with Crippen molar-refractivity contribution in [2.45, 2.75) is 13.0 Å². The fourth-order valence-corrected chi connectivity index (χ4v) is 1.69. The topological polar surface area (TPSA) is 64.6 Å². The third kappa shape index (κ3) is 2.86. The summed E-state index contributed by atoms with van der Waals surface area (Å²) >= 11 is 0. The predicted octanol–water partition coefficient (Wildman–Crippen LogP) is 0.778. The molecule has 0 saturated heterocycles. The smallest absolute Gasteiger partial charge is 0.261 e. The Morgan fingerprint density at radius 1 is 1.63 bits per heavy atom. The molecule has 0 bridgehead atoms. The SMILES string of the molecule is C#CCNC(=O)C(C)Oc1ccc2c(c1)OCC2=O. The lowest BCUT2D eigenvalue weighted by Gasteiger charge is -2.14. The third-order valence-corrected chi connectivity index (χ3v) is 2.66. The Kier molecular flexibility index (Phi) is 3.71. The van der Waals surface area contributed by atoms with Crippen LogP contribution < -0.4 is 14.8 Å². The summed E-state index contributed by atoms with van der Waals surface area (Å²) in [6.07, 6.45) is 4.37. The zero-order valence-electron chi connectivity index (χ0n) is 10.4. The van der Waals surface area contributed by atoms with Crippen LogP contribution in [-0.2, 0) is 4.79 Å². The first-order valence-electron chi connectivity index (χ1n) is 5.79. The minimum Gasteiger partial charge on any atom is -0.485 e. The first-order valence-corrected chi connectivity index (χ1v) is 5.79. The quantitative estimate of drug-likeness (QED) is 0.811. The van der Waals surface area contributed by atoms with E-state index in [4.69, 9.17) is 15.9 Å². The van der Waals surface area contributed by atoms with Gasteiger partial charge in [-0.05, 0) is 19.1 Å². The second-order valence-corrected chi connectivity index (χ2v) is 4.05. The second kappa shape index (κ2) is 5.44. The van der Waals surface area contributed by atoms with E-state index in [-0.39, 0.29) is 24.8 Å². The van der Waals surface area contributed by atoms with Crippen molar-refractivity contribution in [1.82, 2.24) is 5.32 Å². The molecular formula is C14H13NO4. The van der Waals surface area contributed by atoms with E-state index < -0.39 is 6.10 Å². The number of benzene rings is 1. The molecule has 1 amide bonds. The lowest BCUT2D eigenvalue weighted by molar-refractivity contribution is -0.127. The molecule has 5 heteroatoms. The number of rotatable bonds is 4. The molecule has 1 unspecified atom stereocenters. The Hall–Kier alpha value is -2.48. The highest BCUT2D eigenvalue weighted by atomic mass is 16.5. The van der Waals surface area contributed by atoms with E-state index in [9.17, 15) is 9.59 Å². The molecule has 5 nitrogen and oxygen atoms in total. The molecule has 1 N–H and O–H groups in total. The number of nitrogens with one attached hydrogen (secondary N) is 1. The molecule has 98 valence electrons. The number of fused-ring (bicyclic) bond motifs is 1. The Morgan fingerprint density at radius 3 is 3.16 bits per heavy atom. The number of Topliss-reactive ketones (excluding diaryl/α,β-unsaturated/α-hetero) is 1. The number of amides is 1. The van der Waals surface area contributed by atoms with Crippen molar-refractivity contribution in [1.29, 1.82) is 0 Å². The summed E-state index contributed by atoms with van der Waals surface area (Å²) in [7, 11) is 0. The monoisotopic (exact) mass is 259 g/mol. The van der Waals surface area contributed by atoms with Gasteiger partial charge in [-0.2, -0.15) is 0 Å². The Morgan fingerprint density at radius 2 is 2.42 bits per heavy atom. The molecular weight excluding hydrogens is 246 g/mol. The number of hydrogen-bond acceptors (Lipinski definition) is 4. The molecule has 1 aromatic carbocycles. The van der Waals surface area contributed by atoms with Gasteiger partial charge in [-0.1, -0.05) is 5.92 Å². The van der Waals surface area contributed by atoms with Crippen molar-refractivity contribution in [3.8, 4) is 23.8 Å². The van der Waals surface area contributed by atoms with Crippen LogP contribution in [0.25, 0.3) is 0 Å². The van der Waals surface area contributed by atoms with E-state index in [2.05, 4.69) is 11.2 Å². The van der Waals surface area contributed by atoms with Crippen molar-refractivity contribution < 1.29 is 19.1 Å². The zero-order valence-corrected chi connectivity index (χ0v) is 10.4. The Balaban J connectivity index is 2.02. The maximum atomic E-state index is 11.6. The molecule has 2 rings (SSSR count). The van der Waals surface area contributed by atoms with Crippen LogP contribution in [0.3, 0.4) is 0 Å². The van der Waals surface area contributed by atoms with Crippen molar-refractivity contribution in [3.05, 3.63) is 23.8 Å². The first-order chi connectivity index (χ1) is 9.11. The summed E-state index contributed by atoms with van der Waals surface area (Å²) in [5.74, 6) is 2.92. The molecule has 1 heterocycles. The van der Waals surface area contributed by atoms with Gasteiger partial charge in [0.1, 0.15) is 11.5 Å². The summed E-state index contributed by atoms with van der Waals surface area (Å²) in [5.41, 5.74) is 0.539. The fraction of sp³-hybridized carbons (Fsp3) is 0.286. The lowest BCUT2D eigenvalue weighted by atomic mass is 10.1. The van der Waals surface area contributed by atoms with Gasteiger partial charge in [-0.3, -0.25) is 9.59 Å². The first kappa shape index (κ1) is 13.0. The molecule has 0 fully saturated rings. The van der Waals surface area contributed by atoms with Crippen LogP contribution in [0.2, 0.25) is 0 Å². The van der Waals surface area contributed by atoms with Gasteiger partial charge in [0.15, 0.2) is 12.7 Å². The van der Waals surface area contributed by atoms with E-state index in [1.165, 1.54) is 0 Å². The van der Waals surface area contributed by atoms with Crippen LogP contribution in [-0.4, -0.2) is 30.9 Å². The molecule has 0 aliphatic carbocycles. The summed E-state index contributed by atoms with van der Waals surface area (Å²) in [6, 6.07) is 4.87. The van der Waals surface area contributed by atoms with Crippen LogP contribution in [0.15, 0.2) is 18.2 Å². The van der Waals surface area contributed by atoms with Gasteiger partial charge < -0.3 is 14.8 Å². The number of hydrogen-bond donors (Lipinski definition) is 1.